The molecule has 0 N–H and O–H groups in total. The molecule has 0 atom stereocenters. The van der Waals surface area contributed by atoms with Crippen molar-refractivity contribution in [2.24, 2.45) is 0 Å². The zero-order valence-corrected chi connectivity index (χ0v) is 32.3. The SMILES string of the molecule is CC1(C)c2ccc(-c3ccc(-c4c5c(c(-c6cccc7ccccc67)c6ccccc46)=CCCC=5)cc3)cc2-c2cc3cc4sc5ccccc5c4cc3cc21. The number of rotatable bonds is 3. The first-order valence-electron chi connectivity index (χ1n) is 19.9. The Kier molecular flexibility index (Phi) is 6.78. The Morgan fingerprint density at radius 1 is 0.393 bits per heavy atom. The summed E-state index contributed by atoms with van der Waals surface area (Å²) in [6.45, 7) is 4.78. The van der Waals surface area contributed by atoms with Gasteiger partial charge in [-0.2, -0.15) is 0 Å². The highest BCUT2D eigenvalue weighted by atomic mass is 32.1. The molecule has 0 radical (unpaired) electrons. The van der Waals surface area contributed by atoms with E-state index < -0.39 is 0 Å². The van der Waals surface area contributed by atoms with Crippen LogP contribution in [0, 0.1) is 0 Å². The zero-order chi connectivity index (χ0) is 37.1. The fraction of sp³-hybridized carbons (Fsp3) is 0.0909. The summed E-state index contributed by atoms with van der Waals surface area (Å²) in [6, 6.07) is 59.7. The minimum Gasteiger partial charge on any atom is -0.135 e. The molecule has 9 aromatic carbocycles. The van der Waals surface area contributed by atoms with Crippen LogP contribution in [-0.2, 0) is 5.41 Å². The van der Waals surface area contributed by atoms with Gasteiger partial charge in [-0.25, -0.2) is 0 Å². The minimum absolute atomic E-state index is 0.0707. The molecule has 0 saturated heterocycles. The van der Waals surface area contributed by atoms with E-state index in [0.717, 1.165) is 12.8 Å². The highest BCUT2D eigenvalue weighted by molar-refractivity contribution is 7.25. The van der Waals surface area contributed by atoms with Crippen molar-refractivity contribution in [3.8, 4) is 44.5 Å². The van der Waals surface area contributed by atoms with Gasteiger partial charge < -0.3 is 0 Å². The molecule has 1 heteroatoms. The molecule has 0 nitrogen and oxygen atoms in total. The average molecular weight is 731 g/mol. The van der Waals surface area contributed by atoms with Gasteiger partial charge in [0, 0.05) is 25.6 Å². The lowest BCUT2D eigenvalue weighted by Gasteiger charge is -2.22. The first-order chi connectivity index (χ1) is 27.5. The summed E-state index contributed by atoms with van der Waals surface area (Å²) in [5, 5.41) is 13.3. The zero-order valence-electron chi connectivity index (χ0n) is 31.5. The van der Waals surface area contributed by atoms with Crippen LogP contribution in [0.25, 0.3) is 109 Å². The van der Waals surface area contributed by atoms with Crippen molar-refractivity contribution in [3.63, 3.8) is 0 Å². The van der Waals surface area contributed by atoms with Crippen molar-refractivity contribution in [1.82, 2.24) is 0 Å². The fourth-order valence-electron chi connectivity index (χ4n) is 10.1. The predicted octanol–water partition coefficient (Wildman–Crippen LogP) is 14.2. The van der Waals surface area contributed by atoms with E-state index in [1.807, 2.05) is 11.3 Å². The van der Waals surface area contributed by atoms with Crippen molar-refractivity contribution in [3.05, 3.63) is 179 Å². The summed E-state index contributed by atoms with van der Waals surface area (Å²) < 4.78 is 2.71. The molecule has 12 rings (SSSR count). The molecule has 0 fully saturated rings. The van der Waals surface area contributed by atoms with Crippen LogP contribution in [0.5, 0.6) is 0 Å². The van der Waals surface area contributed by atoms with Crippen molar-refractivity contribution >= 4 is 76.0 Å². The summed E-state index contributed by atoms with van der Waals surface area (Å²) >= 11 is 1.90. The molecule has 0 unspecified atom stereocenters. The van der Waals surface area contributed by atoms with Gasteiger partial charge in [0.25, 0.3) is 0 Å². The molecule has 1 aromatic heterocycles. The van der Waals surface area contributed by atoms with Crippen LogP contribution in [0.2, 0.25) is 0 Å². The second kappa shape index (κ2) is 11.9. The molecular weight excluding hydrogens is 693 g/mol. The third kappa shape index (κ3) is 4.59. The van der Waals surface area contributed by atoms with Crippen molar-refractivity contribution in [2.75, 3.05) is 0 Å². The molecule has 1 heterocycles. The third-order valence-corrected chi connectivity index (χ3v) is 14.0. The summed E-state index contributed by atoms with van der Waals surface area (Å²) in [5.41, 5.74) is 13.3. The Morgan fingerprint density at radius 2 is 1.02 bits per heavy atom. The van der Waals surface area contributed by atoms with Crippen LogP contribution in [0.15, 0.2) is 158 Å². The minimum atomic E-state index is -0.0707. The van der Waals surface area contributed by atoms with Gasteiger partial charge >= 0.3 is 0 Å². The second-order valence-corrected chi connectivity index (χ2v) is 17.4. The maximum atomic E-state index is 2.48. The Morgan fingerprint density at radius 3 is 1.84 bits per heavy atom. The Bertz CT molecular complexity index is 3420. The molecule has 0 amide bonds. The smallest absolute Gasteiger partial charge is 0.0361 e. The van der Waals surface area contributed by atoms with Gasteiger partial charge in [0.05, 0.1) is 0 Å². The molecule has 0 spiro atoms. The Balaban J connectivity index is 0.984. The standard InChI is InChI=1S/C55H38S/c1-55(2)49-27-26-36(28-46(49)47-29-38-32-52-48(30-37(38)31-50(47)55)40-15-9-10-21-51(40)56-52)33-22-24-35(25-23-33)53-42-16-5-7-18-44(42)54(45-19-8-6-17-43(45)53)41-20-11-13-34-12-3-4-14-39(34)41/h3-5,7,9-32H,6,8H2,1-2H3. The van der Waals surface area contributed by atoms with Crippen LogP contribution in [0.3, 0.4) is 0 Å². The van der Waals surface area contributed by atoms with Gasteiger partial charge in [-0.05, 0) is 148 Å². The molecule has 10 aromatic rings. The maximum Gasteiger partial charge on any atom is 0.0361 e. The lowest BCUT2D eigenvalue weighted by Crippen LogP contribution is -2.31. The second-order valence-electron chi connectivity index (χ2n) is 16.3. The summed E-state index contributed by atoms with van der Waals surface area (Å²) in [7, 11) is 0. The molecule has 0 saturated carbocycles. The van der Waals surface area contributed by atoms with Crippen molar-refractivity contribution < 1.29 is 0 Å². The predicted molar refractivity (Wildman–Crippen MR) is 243 cm³/mol. The van der Waals surface area contributed by atoms with Crippen LogP contribution in [0.4, 0.5) is 0 Å². The molecule has 0 aliphatic heterocycles. The lowest BCUT2D eigenvalue weighted by atomic mass is 9.81. The van der Waals surface area contributed by atoms with E-state index in [-0.39, 0.29) is 5.41 Å². The highest BCUT2D eigenvalue weighted by Gasteiger charge is 2.36. The molecule has 2 aliphatic rings. The highest BCUT2D eigenvalue weighted by Crippen LogP contribution is 2.51. The largest absolute Gasteiger partial charge is 0.135 e. The van der Waals surface area contributed by atoms with Gasteiger partial charge in [0.1, 0.15) is 0 Å². The fourth-order valence-corrected chi connectivity index (χ4v) is 11.3. The molecular formula is C55H38S. The first-order valence-corrected chi connectivity index (χ1v) is 20.7. The van der Waals surface area contributed by atoms with E-state index in [1.165, 1.54) is 119 Å². The van der Waals surface area contributed by atoms with Crippen molar-refractivity contribution in [2.45, 2.75) is 32.1 Å². The third-order valence-electron chi connectivity index (χ3n) is 12.9. The summed E-state index contributed by atoms with van der Waals surface area (Å²) in [6.07, 6.45) is 7.08. The number of hydrogen-bond donors (Lipinski definition) is 0. The van der Waals surface area contributed by atoms with Crippen molar-refractivity contribution in [1.29, 1.82) is 0 Å². The van der Waals surface area contributed by atoms with E-state index in [0.29, 0.717) is 0 Å². The van der Waals surface area contributed by atoms with E-state index >= 15 is 0 Å². The van der Waals surface area contributed by atoms with Gasteiger partial charge in [-0.3, -0.25) is 0 Å². The van der Waals surface area contributed by atoms with Crippen LogP contribution in [-0.4, -0.2) is 0 Å². The number of fused-ring (bicyclic) bond motifs is 10. The molecule has 56 heavy (non-hydrogen) atoms. The molecule has 0 bridgehead atoms. The monoisotopic (exact) mass is 730 g/mol. The number of hydrogen-bond acceptors (Lipinski definition) is 1. The van der Waals surface area contributed by atoms with Gasteiger partial charge in [-0.15, -0.1) is 11.3 Å². The average Bonchev–Trinajstić information content (AvgIpc) is 3.71. The summed E-state index contributed by atoms with van der Waals surface area (Å²) in [4.78, 5) is 0. The quantitative estimate of drug-likeness (QED) is 0.170. The van der Waals surface area contributed by atoms with Crippen LogP contribution in [0.1, 0.15) is 37.8 Å². The van der Waals surface area contributed by atoms with E-state index in [9.17, 15) is 0 Å². The van der Waals surface area contributed by atoms with Gasteiger partial charge in [-0.1, -0.05) is 147 Å². The Labute approximate surface area is 330 Å². The topological polar surface area (TPSA) is 0 Å². The van der Waals surface area contributed by atoms with E-state index in [1.54, 1.807) is 0 Å². The van der Waals surface area contributed by atoms with Crippen LogP contribution < -0.4 is 10.4 Å². The lowest BCUT2D eigenvalue weighted by molar-refractivity contribution is 0.661. The number of thiophene rings is 1. The van der Waals surface area contributed by atoms with Crippen LogP contribution >= 0.6 is 11.3 Å². The van der Waals surface area contributed by atoms with E-state index in [2.05, 4.69) is 184 Å². The van der Waals surface area contributed by atoms with Gasteiger partial charge in [0.2, 0.25) is 0 Å². The maximum absolute atomic E-state index is 2.48. The molecule has 264 valence electrons. The molecule has 2 aliphatic carbocycles. The summed E-state index contributed by atoms with van der Waals surface area (Å²) in [5.74, 6) is 0. The van der Waals surface area contributed by atoms with Gasteiger partial charge in [0.15, 0.2) is 0 Å². The first kappa shape index (κ1) is 32.0. The van der Waals surface area contributed by atoms with E-state index in [4.69, 9.17) is 0 Å². The normalized spacial score (nSPS) is 14.2. The number of benzene rings is 9. The Hall–Kier alpha value is -6.28.